The smallest absolute Gasteiger partial charge is 0.286 e. The summed E-state index contributed by atoms with van der Waals surface area (Å²) in [6.07, 6.45) is 5.25. The van der Waals surface area contributed by atoms with Crippen molar-refractivity contribution in [2.24, 2.45) is 0 Å². The van der Waals surface area contributed by atoms with E-state index in [0.717, 1.165) is 29.7 Å². The van der Waals surface area contributed by atoms with Gasteiger partial charge in [0.2, 0.25) is 5.78 Å². The number of fused-ring (bicyclic) bond motifs is 1. The molecule has 0 fully saturated rings. The van der Waals surface area contributed by atoms with Crippen LogP contribution in [0.5, 0.6) is 0 Å². The number of anilines is 1. The van der Waals surface area contributed by atoms with Gasteiger partial charge in [-0.1, -0.05) is 62.4 Å². The Balaban J connectivity index is 1.95. The van der Waals surface area contributed by atoms with Gasteiger partial charge in [0.1, 0.15) is 0 Å². The molecule has 4 heteroatoms. The highest BCUT2D eigenvalue weighted by molar-refractivity contribution is 6.36. The van der Waals surface area contributed by atoms with Crippen LogP contribution in [0.3, 0.4) is 0 Å². The van der Waals surface area contributed by atoms with Crippen LogP contribution in [0.25, 0.3) is 5.70 Å². The van der Waals surface area contributed by atoms with Gasteiger partial charge in [-0.3, -0.25) is 9.59 Å². The summed E-state index contributed by atoms with van der Waals surface area (Å²) in [5, 5.41) is 3.38. The predicted molar refractivity (Wildman–Crippen MR) is 114 cm³/mol. The Labute approximate surface area is 170 Å². The van der Waals surface area contributed by atoms with Crippen LogP contribution in [0.15, 0.2) is 78.8 Å². The molecule has 0 saturated carbocycles. The number of Topliss-reactive ketones (excluding diaryl/α,β-unsaturated/α-hetero) is 2. The summed E-state index contributed by atoms with van der Waals surface area (Å²) < 4.78 is 1.72. The van der Waals surface area contributed by atoms with E-state index in [-0.39, 0.29) is 11.6 Å². The second kappa shape index (κ2) is 7.84. The van der Waals surface area contributed by atoms with Gasteiger partial charge >= 0.3 is 0 Å². The lowest BCUT2D eigenvalue weighted by atomic mass is 9.89. The van der Waals surface area contributed by atoms with Crippen LogP contribution in [0.1, 0.15) is 45.7 Å². The fraction of sp³-hybridized carbons (Fsp3) is 0.160. The first-order valence-electron chi connectivity index (χ1n) is 9.92. The standard InChI is InChI=1S/C25H22N2O2/c1-3-17-11-10-12-18(4-2)21(17)26-22-23(27-15-8-5-9-16-27)25(29)20-14-7-6-13-19(20)24(22)28/h5-16H,3-4H2,1-2H3/p+1. The van der Waals surface area contributed by atoms with Gasteiger partial charge in [0.05, 0.1) is 0 Å². The molecule has 0 amide bonds. The van der Waals surface area contributed by atoms with E-state index in [0.29, 0.717) is 22.5 Å². The largest absolute Gasteiger partial charge is 0.346 e. The molecule has 2 aromatic carbocycles. The number of hydrogen-bond donors (Lipinski definition) is 1. The molecule has 0 unspecified atom stereocenters. The summed E-state index contributed by atoms with van der Waals surface area (Å²) in [5.41, 5.74) is 4.70. The molecule has 0 radical (unpaired) electrons. The summed E-state index contributed by atoms with van der Waals surface area (Å²) in [6.45, 7) is 4.18. The third-order valence-corrected chi connectivity index (χ3v) is 5.32. The first kappa shape index (κ1) is 18.8. The number of aromatic nitrogens is 1. The number of carbonyl (C=O) groups excluding carboxylic acids is 2. The van der Waals surface area contributed by atoms with Crippen LogP contribution in [-0.4, -0.2) is 11.6 Å². The molecule has 0 saturated heterocycles. The highest BCUT2D eigenvalue weighted by atomic mass is 16.1. The van der Waals surface area contributed by atoms with Crippen molar-refractivity contribution in [3.05, 3.63) is 101 Å². The fourth-order valence-electron chi connectivity index (χ4n) is 3.80. The lowest BCUT2D eigenvalue weighted by Crippen LogP contribution is -2.42. The van der Waals surface area contributed by atoms with E-state index in [9.17, 15) is 9.59 Å². The van der Waals surface area contributed by atoms with E-state index in [1.165, 1.54) is 0 Å². The molecule has 3 aromatic rings. The highest BCUT2D eigenvalue weighted by Gasteiger charge is 2.38. The van der Waals surface area contributed by atoms with Gasteiger partial charge < -0.3 is 5.32 Å². The molecule has 0 atom stereocenters. The lowest BCUT2D eigenvalue weighted by molar-refractivity contribution is -0.577. The zero-order valence-electron chi connectivity index (χ0n) is 16.6. The summed E-state index contributed by atoms with van der Waals surface area (Å²) in [5.74, 6) is -0.328. The van der Waals surface area contributed by atoms with Crippen molar-refractivity contribution in [2.45, 2.75) is 26.7 Å². The minimum absolute atomic E-state index is 0.161. The molecule has 4 rings (SSSR count). The number of pyridine rings is 1. The summed E-state index contributed by atoms with van der Waals surface area (Å²) in [7, 11) is 0. The number of nitrogens with zero attached hydrogens (tertiary/aromatic N) is 1. The summed E-state index contributed by atoms with van der Waals surface area (Å²) in [6, 6.07) is 18.7. The number of para-hydroxylation sites is 1. The van der Waals surface area contributed by atoms with E-state index < -0.39 is 0 Å². The SMILES string of the molecule is CCc1cccc(CC)c1NC1=C([n+]2ccccc2)C(=O)c2ccccc2C1=O. The van der Waals surface area contributed by atoms with E-state index in [2.05, 4.69) is 31.3 Å². The quantitative estimate of drug-likeness (QED) is 0.662. The Kier molecular flexibility index (Phi) is 5.09. The van der Waals surface area contributed by atoms with E-state index in [1.54, 1.807) is 41.2 Å². The van der Waals surface area contributed by atoms with Crippen molar-refractivity contribution >= 4 is 23.0 Å². The minimum Gasteiger partial charge on any atom is -0.346 e. The lowest BCUT2D eigenvalue weighted by Gasteiger charge is -2.21. The molecule has 1 heterocycles. The number of aryl methyl sites for hydroxylation is 2. The van der Waals surface area contributed by atoms with Gasteiger partial charge in [0.15, 0.2) is 18.1 Å². The van der Waals surface area contributed by atoms with E-state index in [4.69, 9.17) is 0 Å². The van der Waals surface area contributed by atoms with Crippen molar-refractivity contribution in [1.82, 2.24) is 0 Å². The number of allylic oxidation sites excluding steroid dienone is 2. The Morgan fingerprint density at radius 1 is 0.724 bits per heavy atom. The second-order valence-electron chi connectivity index (χ2n) is 6.99. The van der Waals surface area contributed by atoms with E-state index in [1.807, 2.05) is 24.3 Å². The fourth-order valence-corrected chi connectivity index (χ4v) is 3.80. The maximum atomic E-state index is 13.5. The van der Waals surface area contributed by atoms with Crippen molar-refractivity contribution < 1.29 is 14.2 Å². The number of hydrogen-bond acceptors (Lipinski definition) is 3. The van der Waals surface area contributed by atoms with Crippen LogP contribution in [0.2, 0.25) is 0 Å². The number of nitrogens with one attached hydrogen (secondary N) is 1. The highest BCUT2D eigenvalue weighted by Crippen LogP contribution is 2.30. The van der Waals surface area contributed by atoms with Gasteiger partial charge in [-0.25, -0.2) is 0 Å². The van der Waals surface area contributed by atoms with Crippen LogP contribution in [-0.2, 0) is 12.8 Å². The Morgan fingerprint density at radius 2 is 1.31 bits per heavy atom. The molecule has 29 heavy (non-hydrogen) atoms. The Hall–Kier alpha value is -3.53. The molecule has 1 aliphatic rings. The zero-order valence-corrected chi connectivity index (χ0v) is 16.6. The maximum absolute atomic E-state index is 13.5. The van der Waals surface area contributed by atoms with Crippen LogP contribution >= 0.6 is 0 Å². The first-order valence-corrected chi connectivity index (χ1v) is 9.92. The Bertz CT molecular complexity index is 1110. The second-order valence-corrected chi connectivity index (χ2v) is 6.99. The normalized spacial score (nSPS) is 13.4. The molecule has 1 N–H and O–H groups in total. The number of carbonyl (C=O) groups is 2. The molecular weight excluding hydrogens is 360 g/mol. The average Bonchev–Trinajstić information content (AvgIpc) is 2.78. The van der Waals surface area contributed by atoms with Gasteiger partial charge in [-0.2, -0.15) is 4.57 Å². The topological polar surface area (TPSA) is 50.1 Å². The molecule has 144 valence electrons. The van der Waals surface area contributed by atoms with Crippen LogP contribution in [0.4, 0.5) is 5.69 Å². The first-order chi connectivity index (χ1) is 14.2. The Morgan fingerprint density at radius 3 is 1.90 bits per heavy atom. The average molecular weight is 383 g/mol. The third-order valence-electron chi connectivity index (χ3n) is 5.32. The molecule has 4 nitrogen and oxygen atoms in total. The van der Waals surface area contributed by atoms with Gasteiger partial charge in [0, 0.05) is 28.9 Å². The van der Waals surface area contributed by atoms with Crippen molar-refractivity contribution in [3.8, 4) is 0 Å². The minimum atomic E-state index is -0.167. The van der Waals surface area contributed by atoms with Crippen molar-refractivity contribution in [3.63, 3.8) is 0 Å². The molecule has 1 aromatic heterocycles. The summed E-state index contributed by atoms with van der Waals surface area (Å²) >= 11 is 0. The molecule has 1 aliphatic carbocycles. The number of rotatable bonds is 5. The van der Waals surface area contributed by atoms with Crippen LogP contribution < -0.4 is 9.88 Å². The maximum Gasteiger partial charge on any atom is 0.286 e. The van der Waals surface area contributed by atoms with Gasteiger partial charge in [-0.15, -0.1) is 0 Å². The van der Waals surface area contributed by atoms with Crippen LogP contribution in [0, 0.1) is 0 Å². The van der Waals surface area contributed by atoms with E-state index >= 15 is 0 Å². The predicted octanol–water partition coefficient (Wildman–Crippen LogP) is 4.46. The third kappa shape index (κ3) is 3.27. The van der Waals surface area contributed by atoms with Gasteiger partial charge in [0.25, 0.3) is 11.5 Å². The molecule has 0 bridgehead atoms. The number of ketones is 2. The summed E-state index contributed by atoms with van der Waals surface area (Å²) in [4.78, 5) is 26.9. The van der Waals surface area contributed by atoms with Crippen molar-refractivity contribution in [2.75, 3.05) is 5.32 Å². The van der Waals surface area contributed by atoms with Gasteiger partial charge in [-0.05, 0) is 24.0 Å². The van der Waals surface area contributed by atoms with Crippen molar-refractivity contribution in [1.29, 1.82) is 0 Å². The molecule has 0 spiro atoms. The monoisotopic (exact) mass is 383 g/mol. The number of benzene rings is 2. The zero-order chi connectivity index (χ0) is 20.4. The molecular formula is C25H23N2O2+. The molecule has 0 aliphatic heterocycles.